The van der Waals surface area contributed by atoms with Crippen molar-refractivity contribution < 1.29 is 9.26 Å². The molecule has 5 nitrogen and oxygen atoms in total. The largest absolute Gasteiger partial charge is 0.482 e. The summed E-state index contributed by atoms with van der Waals surface area (Å²) in [6.07, 6.45) is 1.78. The maximum atomic E-state index is 6.15. The SMILES string of the molecule is CCCc1noc(COc2ccc([C@@H](C)N)cc2Cl)n1. The number of benzene rings is 1. The fraction of sp³-hybridized carbons (Fsp3) is 0.429. The fourth-order valence-electron chi connectivity index (χ4n) is 1.73. The molecule has 0 saturated carbocycles. The molecule has 0 aliphatic rings. The lowest BCUT2D eigenvalue weighted by molar-refractivity contribution is 0.242. The van der Waals surface area contributed by atoms with Gasteiger partial charge in [0.25, 0.3) is 5.89 Å². The van der Waals surface area contributed by atoms with Crippen molar-refractivity contribution in [3.8, 4) is 5.75 Å². The van der Waals surface area contributed by atoms with Gasteiger partial charge < -0.3 is 15.0 Å². The van der Waals surface area contributed by atoms with E-state index in [4.69, 9.17) is 26.6 Å². The highest BCUT2D eigenvalue weighted by molar-refractivity contribution is 6.32. The van der Waals surface area contributed by atoms with Crippen LogP contribution in [0.25, 0.3) is 0 Å². The van der Waals surface area contributed by atoms with Crippen LogP contribution in [0.15, 0.2) is 22.7 Å². The Morgan fingerprint density at radius 1 is 1.45 bits per heavy atom. The maximum absolute atomic E-state index is 6.15. The highest BCUT2D eigenvalue weighted by atomic mass is 35.5. The quantitative estimate of drug-likeness (QED) is 0.885. The first-order chi connectivity index (χ1) is 9.60. The van der Waals surface area contributed by atoms with Gasteiger partial charge in [0.05, 0.1) is 5.02 Å². The molecule has 2 N–H and O–H groups in total. The van der Waals surface area contributed by atoms with Crippen LogP contribution in [0.2, 0.25) is 5.02 Å². The van der Waals surface area contributed by atoms with E-state index in [1.165, 1.54) is 0 Å². The molecule has 0 bridgehead atoms. The van der Waals surface area contributed by atoms with E-state index < -0.39 is 0 Å². The molecule has 0 fully saturated rings. The predicted molar refractivity (Wildman–Crippen MR) is 76.7 cm³/mol. The van der Waals surface area contributed by atoms with Crippen molar-refractivity contribution in [3.05, 3.63) is 40.5 Å². The maximum Gasteiger partial charge on any atom is 0.264 e. The number of rotatable bonds is 6. The van der Waals surface area contributed by atoms with E-state index in [9.17, 15) is 0 Å². The van der Waals surface area contributed by atoms with E-state index in [1.54, 1.807) is 12.1 Å². The first-order valence-electron chi connectivity index (χ1n) is 6.59. The smallest absolute Gasteiger partial charge is 0.264 e. The van der Waals surface area contributed by atoms with Crippen LogP contribution >= 0.6 is 11.6 Å². The van der Waals surface area contributed by atoms with Gasteiger partial charge in [-0.2, -0.15) is 4.98 Å². The van der Waals surface area contributed by atoms with Crippen LogP contribution in [0, 0.1) is 0 Å². The molecule has 6 heteroatoms. The summed E-state index contributed by atoms with van der Waals surface area (Å²) in [4.78, 5) is 4.22. The molecule has 1 heterocycles. The third kappa shape index (κ3) is 3.71. The zero-order chi connectivity index (χ0) is 14.5. The van der Waals surface area contributed by atoms with E-state index in [2.05, 4.69) is 17.1 Å². The molecular weight excluding hydrogens is 278 g/mol. The normalized spacial score (nSPS) is 12.4. The molecule has 1 atom stereocenters. The van der Waals surface area contributed by atoms with Crippen LogP contribution in [0.3, 0.4) is 0 Å². The van der Waals surface area contributed by atoms with Gasteiger partial charge in [-0.3, -0.25) is 0 Å². The van der Waals surface area contributed by atoms with E-state index in [0.29, 0.717) is 22.5 Å². The molecule has 108 valence electrons. The summed E-state index contributed by atoms with van der Waals surface area (Å²) in [6.45, 7) is 4.17. The molecule has 20 heavy (non-hydrogen) atoms. The van der Waals surface area contributed by atoms with E-state index in [-0.39, 0.29) is 12.6 Å². The Morgan fingerprint density at radius 2 is 2.25 bits per heavy atom. The average molecular weight is 296 g/mol. The van der Waals surface area contributed by atoms with Crippen molar-refractivity contribution in [2.45, 2.75) is 39.3 Å². The Balaban J connectivity index is 1.99. The highest BCUT2D eigenvalue weighted by Gasteiger charge is 2.09. The second-order valence-electron chi connectivity index (χ2n) is 4.62. The molecule has 0 aliphatic heterocycles. The molecule has 0 saturated heterocycles. The average Bonchev–Trinajstić information content (AvgIpc) is 2.85. The predicted octanol–water partition coefficient (Wildman–Crippen LogP) is 3.27. The Labute approximate surface area is 123 Å². The van der Waals surface area contributed by atoms with E-state index >= 15 is 0 Å². The lowest BCUT2D eigenvalue weighted by Gasteiger charge is -2.09. The first kappa shape index (κ1) is 14.8. The third-order valence-electron chi connectivity index (χ3n) is 2.82. The molecule has 0 spiro atoms. The fourth-order valence-corrected chi connectivity index (χ4v) is 1.97. The molecule has 2 aromatic rings. The standard InChI is InChI=1S/C14H18ClN3O2/c1-3-4-13-17-14(20-18-13)8-19-12-6-5-10(9(2)16)7-11(12)15/h5-7,9H,3-4,8,16H2,1-2H3/t9-/m1/s1. The van der Waals surface area contributed by atoms with Crippen LogP contribution in [0.4, 0.5) is 0 Å². The minimum atomic E-state index is -0.0610. The van der Waals surface area contributed by atoms with Gasteiger partial charge in [0.15, 0.2) is 12.4 Å². The third-order valence-corrected chi connectivity index (χ3v) is 3.11. The van der Waals surface area contributed by atoms with Crippen molar-refractivity contribution in [1.82, 2.24) is 10.1 Å². The van der Waals surface area contributed by atoms with E-state index in [1.807, 2.05) is 13.0 Å². The summed E-state index contributed by atoms with van der Waals surface area (Å²) in [6, 6.07) is 5.43. The van der Waals surface area contributed by atoms with Crippen LogP contribution < -0.4 is 10.5 Å². The summed E-state index contributed by atoms with van der Waals surface area (Å²) in [5, 5.41) is 4.38. The molecular formula is C14H18ClN3O2. The van der Waals surface area contributed by atoms with Gasteiger partial charge in [-0.15, -0.1) is 0 Å². The first-order valence-corrected chi connectivity index (χ1v) is 6.97. The molecule has 1 aromatic heterocycles. The second kappa shape index (κ2) is 6.72. The number of halogens is 1. The monoisotopic (exact) mass is 295 g/mol. The number of ether oxygens (including phenoxy) is 1. The number of nitrogens with zero attached hydrogens (tertiary/aromatic N) is 2. The van der Waals surface area contributed by atoms with Gasteiger partial charge in [-0.05, 0) is 31.0 Å². The molecule has 1 aromatic carbocycles. The van der Waals surface area contributed by atoms with Gasteiger partial charge in [0.2, 0.25) is 0 Å². The molecule has 0 radical (unpaired) electrons. The number of nitrogens with two attached hydrogens (primary N) is 1. The van der Waals surface area contributed by atoms with Crippen LogP contribution in [0.5, 0.6) is 5.75 Å². The Morgan fingerprint density at radius 3 is 2.90 bits per heavy atom. The number of aryl methyl sites for hydroxylation is 1. The lowest BCUT2D eigenvalue weighted by Crippen LogP contribution is -2.05. The zero-order valence-electron chi connectivity index (χ0n) is 11.6. The molecule has 0 unspecified atom stereocenters. The summed E-state index contributed by atoms with van der Waals surface area (Å²) < 4.78 is 10.7. The second-order valence-corrected chi connectivity index (χ2v) is 5.03. The molecule has 0 aliphatic carbocycles. The summed E-state index contributed by atoms with van der Waals surface area (Å²) in [5.41, 5.74) is 6.76. The Kier molecular flexibility index (Phi) is 4.98. The van der Waals surface area contributed by atoms with Gasteiger partial charge in [0.1, 0.15) is 5.75 Å². The van der Waals surface area contributed by atoms with Gasteiger partial charge in [0, 0.05) is 12.5 Å². The lowest BCUT2D eigenvalue weighted by atomic mass is 10.1. The number of aromatic nitrogens is 2. The minimum absolute atomic E-state index is 0.0610. The Hall–Kier alpha value is -1.59. The number of hydrogen-bond acceptors (Lipinski definition) is 5. The zero-order valence-corrected chi connectivity index (χ0v) is 12.4. The van der Waals surface area contributed by atoms with Crippen molar-refractivity contribution in [3.63, 3.8) is 0 Å². The van der Waals surface area contributed by atoms with Gasteiger partial charge >= 0.3 is 0 Å². The summed E-state index contributed by atoms with van der Waals surface area (Å²) in [7, 11) is 0. The Bertz CT molecular complexity index is 569. The molecule has 0 amide bonds. The van der Waals surface area contributed by atoms with E-state index in [0.717, 1.165) is 18.4 Å². The van der Waals surface area contributed by atoms with Gasteiger partial charge in [-0.1, -0.05) is 29.7 Å². The minimum Gasteiger partial charge on any atom is -0.482 e. The van der Waals surface area contributed by atoms with Crippen molar-refractivity contribution in [2.24, 2.45) is 5.73 Å². The highest BCUT2D eigenvalue weighted by Crippen LogP contribution is 2.27. The van der Waals surface area contributed by atoms with Crippen LogP contribution in [-0.2, 0) is 13.0 Å². The molecule has 2 rings (SSSR count). The van der Waals surface area contributed by atoms with Crippen molar-refractivity contribution in [1.29, 1.82) is 0 Å². The topological polar surface area (TPSA) is 74.2 Å². The van der Waals surface area contributed by atoms with Crippen LogP contribution in [0.1, 0.15) is 43.6 Å². The summed E-state index contributed by atoms with van der Waals surface area (Å²) >= 11 is 6.15. The van der Waals surface area contributed by atoms with Crippen molar-refractivity contribution in [2.75, 3.05) is 0 Å². The summed E-state index contributed by atoms with van der Waals surface area (Å²) in [5.74, 6) is 1.72. The van der Waals surface area contributed by atoms with Gasteiger partial charge in [-0.25, -0.2) is 0 Å². The van der Waals surface area contributed by atoms with Crippen molar-refractivity contribution >= 4 is 11.6 Å². The number of hydrogen-bond donors (Lipinski definition) is 1. The van der Waals surface area contributed by atoms with Crippen LogP contribution in [-0.4, -0.2) is 10.1 Å².